The van der Waals surface area contributed by atoms with E-state index >= 15 is 0 Å². The smallest absolute Gasteiger partial charge is 0.478 e. The van der Waals surface area contributed by atoms with Crippen molar-refractivity contribution in [2.75, 3.05) is 0 Å². The molecule has 0 amide bonds. The van der Waals surface area contributed by atoms with Gasteiger partial charge < -0.3 is 14.6 Å². The summed E-state index contributed by atoms with van der Waals surface area (Å²) in [4.78, 5) is 24.3. The number of hydrogen-bond donors (Lipinski definition) is 1. The van der Waals surface area contributed by atoms with Crippen LogP contribution in [-0.2, 0) is 4.79 Å². The highest BCUT2D eigenvalue weighted by molar-refractivity contribution is 6.44. The molecule has 34 heavy (non-hydrogen) atoms. The zero-order valence-electron chi connectivity index (χ0n) is 19.0. The molecular weight excluding hydrogens is 496 g/mol. The molecule has 2 aromatic carbocycles. The van der Waals surface area contributed by atoms with Crippen molar-refractivity contribution < 1.29 is 37.3 Å². The first-order valence-corrected chi connectivity index (χ1v) is 10.7. The second-order valence-corrected chi connectivity index (χ2v) is 9.66. The highest BCUT2D eigenvalue weighted by Gasteiger charge is 2.32. The van der Waals surface area contributed by atoms with Crippen molar-refractivity contribution in [3.05, 3.63) is 63.6 Å². The predicted molar refractivity (Wildman–Crippen MR) is 124 cm³/mol. The Balaban J connectivity index is 2.46. The first kappa shape index (κ1) is 27.5. The van der Waals surface area contributed by atoms with Crippen molar-refractivity contribution in [1.82, 2.24) is 0 Å². The van der Waals surface area contributed by atoms with Gasteiger partial charge in [-0.15, -0.1) is 13.2 Å². The van der Waals surface area contributed by atoms with E-state index in [0.717, 1.165) is 12.1 Å². The number of alkyl halides is 3. The maximum absolute atomic E-state index is 12.9. The number of carbonyl (C=O) groups is 2. The van der Waals surface area contributed by atoms with E-state index in [0.29, 0.717) is 11.1 Å². The minimum Gasteiger partial charge on any atom is -0.478 e. The maximum Gasteiger partial charge on any atom is 0.573 e. The average molecular weight is 519 g/mol. The zero-order valence-corrected chi connectivity index (χ0v) is 20.5. The SMILES string of the molecule is CC(C)(C)C(=CC(=O)c1ccc(OC(F)(F)F)cc1)c1ccc(OC(C)(C)C(=O)O)c(Cl)c1Cl. The third kappa shape index (κ3) is 6.90. The van der Waals surface area contributed by atoms with E-state index in [2.05, 4.69) is 4.74 Å². The van der Waals surface area contributed by atoms with Crippen LogP contribution in [0.4, 0.5) is 13.2 Å². The largest absolute Gasteiger partial charge is 0.573 e. The lowest BCUT2D eigenvalue weighted by Gasteiger charge is -2.26. The summed E-state index contributed by atoms with van der Waals surface area (Å²) in [6.45, 7) is 8.24. The zero-order chi connectivity index (χ0) is 26.1. The van der Waals surface area contributed by atoms with Crippen LogP contribution in [0.5, 0.6) is 11.5 Å². The minimum atomic E-state index is -4.84. The monoisotopic (exact) mass is 518 g/mol. The fourth-order valence-electron chi connectivity index (χ4n) is 2.87. The first-order chi connectivity index (χ1) is 15.4. The molecule has 0 aliphatic heterocycles. The second kappa shape index (κ2) is 9.88. The Labute approximate surface area is 205 Å². The number of carbonyl (C=O) groups excluding carboxylic acids is 1. The fraction of sp³-hybridized carbons (Fsp3) is 0.333. The lowest BCUT2D eigenvalue weighted by Crippen LogP contribution is -2.38. The molecule has 0 fully saturated rings. The summed E-state index contributed by atoms with van der Waals surface area (Å²) in [7, 11) is 0. The fourth-order valence-corrected chi connectivity index (χ4v) is 3.33. The van der Waals surface area contributed by atoms with E-state index in [9.17, 15) is 27.9 Å². The Bertz CT molecular complexity index is 1120. The number of benzene rings is 2. The van der Waals surface area contributed by atoms with E-state index in [1.807, 2.05) is 20.8 Å². The molecule has 0 atom stereocenters. The van der Waals surface area contributed by atoms with E-state index < -0.39 is 34.9 Å². The highest BCUT2D eigenvalue weighted by Crippen LogP contribution is 2.44. The summed E-state index contributed by atoms with van der Waals surface area (Å²) >= 11 is 12.8. The van der Waals surface area contributed by atoms with Gasteiger partial charge in [0.1, 0.15) is 16.5 Å². The molecule has 0 spiro atoms. The van der Waals surface area contributed by atoms with Crippen LogP contribution in [0, 0.1) is 5.41 Å². The molecule has 0 unspecified atom stereocenters. The van der Waals surface area contributed by atoms with Crippen LogP contribution in [0.3, 0.4) is 0 Å². The van der Waals surface area contributed by atoms with Gasteiger partial charge in [-0.25, -0.2) is 4.79 Å². The van der Waals surface area contributed by atoms with E-state index in [1.54, 1.807) is 6.07 Å². The number of ketones is 1. The van der Waals surface area contributed by atoms with E-state index in [-0.39, 0.29) is 21.4 Å². The summed E-state index contributed by atoms with van der Waals surface area (Å²) in [5.41, 5.74) is -1.09. The molecule has 2 rings (SSSR count). The van der Waals surface area contributed by atoms with Gasteiger partial charge in [-0.2, -0.15) is 0 Å². The number of hydrogen-bond acceptors (Lipinski definition) is 4. The minimum absolute atomic E-state index is 0.0234. The van der Waals surface area contributed by atoms with Crippen molar-refractivity contribution in [3.63, 3.8) is 0 Å². The number of aliphatic carboxylic acids is 1. The van der Waals surface area contributed by atoms with Crippen LogP contribution < -0.4 is 9.47 Å². The van der Waals surface area contributed by atoms with Crippen molar-refractivity contribution >= 4 is 40.5 Å². The number of ether oxygens (including phenoxy) is 2. The number of halogens is 5. The Morgan fingerprint density at radius 2 is 1.44 bits per heavy atom. The first-order valence-electron chi connectivity index (χ1n) is 9.95. The number of carboxylic acids is 1. The molecule has 184 valence electrons. The number of rotatable bonds is 7. The quantitative estimate of drug-likeness (QED) is 0.304. The van der Waals surface area contributed by atoms with Gasteiger partial charge in [0.25, 0.3) is 0 Å². The van der Waals surface area contributed by atoms with Crippen LogP contribution in [0.1, 0.15) is 50.5 Å². The van der Waals surface area contributed by atoms with Gasteiger partial charge >= 0.3 is 12.3 Å². The van der Waals surface area contributed by atoms with Crippen LogP contribution in [-0.4, -0.2) is 28.8 Å². The van der Waals surface area contributed by atoms with Crippen molar-refractivity contribution in [3.8, 4) is 11.5 Å². The Morgan fingerprint density at radius 3 is 1.91 bits per heavy atom. The van der Waals surface area contributed by atoms with Gasteiger partial charge in [0.2, 0.25) is 0 Å². The van der Waals surface area contributed by atoms with Crippen molar-refractivity contribution in [2.24, 2.45) is 5.41 Å². The lowest BCUT2D eigenvalue weighted by atomic mass is 9.81. The third-order valence-electron chi connectivity index (χ3n) is 4.67. The molecule has 5 nitrogen and oxygen atoms in total. The highest BCUT2D eigenvalue weighted by atomic mass is 35.5. The van der Waals surface area contributed by atoms with E-state index in [4.69, 9.17) is 27.9 Å². The molecule has 0 saturated heterocycles. The molecule has 10 heteroatoms. The van der Waals surface area contributed by atoms with E-state index in [1.165, 1.54) is 38.1 Å². The summed E-state index contributed by atoms with van der Waals surface area (Å²) in [5.74, 6) is -2.05. The van der Waals surface area contributed by atoms with Crippen LogP contribution in [0.25, 0.3) is 5.57 Å². The van der Waals surface area contributed by atoms with Gasteiger partial charge in [0.15, 0.2) is 11.4 Å². The Hall–Kier alpha value is -2.71. The molecule has 0 aromatic heterocycles. The van der Waals surface area contributed by atoms with Gasteiger partial charge in [-0.1, -0.05) is 44.0 Å². The second-order valence-electron chi connectivity index (χ2n) is 8.90. The van der Waals surface area contributed by atoms with Gasteiger partial charge in [0.05, 0.1) is 5.02 Å². The molecule has 2 aromatic rings. The molecule has 1 N–H and O–H groups in total. The van der Waals surface area contributed by atoms with Gasteiger partial charge in [-0.05, 0) is 72.9 Å². The van der Waals surface area contributed by atoms with Gasteiger partial charge in [0, 0.05) is 5.56 Å². The Kier molecular flexibility index (Phi) is 8.00. The lowest BCUT2D eigenvalue weighted by molar-refractivity contribution is -0.274. The summed E-state index contributed by atoms with van der Waals surface area (Å²) in [5, 5.41) is 9.32. The third-order valence-corrected chi connectivity index (χ3v) is 5.54. The molecule has 0 aliphatic carbocycles. The molecule has 0 radical (unpaired) electrons. The maximum atomic E-state index is 12.9. The van der Waals surface area contributed by atoms with Crippen LogP contribution in [0.15, 0.2) is 42.5 Å². The summed E-state index contributed by atoms with van der Waals surface area (Å²) in [6, 6.07) is 7.56. The average Bonchev–Trinajstić information content (AvgIpc) is 2.68. The van der Waals surface area contributed by atoms with Crippen LogP contribution >= 0.6 is 23.2 Å². The summed E-state index contributed by atoms with van der Waals surface area (Å²) in [6.07, 6.45) is -3.50. The number of carboxylic acid groups (broad SMARTS) is 1. The standard InChI is InChI=1S/C24H23Cl2F3O5/c1-22(2,3)16(12-17(30)13-6-8-14(9-7-13)33-24(27,28)29)15-10-11-18(20(26)19(15)25)34-23(4,5)21(31)32/h6-12H,1-5H3,(H,31,32). The Morgan fingerprint density at radius 1 is 0.882 bits per heavy atom. The number of allylic oxidation sites excluding steroid dienone is 2. The molecule has 0 saturated carbocycles. The van der Waals surface area contributed by atoms with Crippen LogP contribution in [0.2, 0.25) is 10.0 Å². The van der Waals surface area contributed by atoms with Crippen molar-refractivity contribution in [1.29, 1.82) is 0 Å². The topological polar surface area (TPSA) is 72.8 Å². The predicted octanol–water partition coefficient (Wildman–Crippen LogP) is 7.45. The molecular formula is C24H23Cl2F3O5. The normalized spacial score (nSPS) is 12.9. The molecule has 0 heterocycles. The molecule has 0 aliphatic rings. The van der Waals surface area contributed by atoms with Crippen molar-refractivity contribution in [2.45, 2.75) is 46.6 Å². The van der Waals surface area contributed by atoms with Gasteiger partial charge in [-0.3, -0.25) is 4.79 Å². The summed E-state index contributed by atoms with van der Waals surface area (Å²) < 4.78 is 46.4. The molecule has 0 bridgehead atoms.